The highest BCUT2D eigenvalue weighted by Crippen LogP contribution is 2.08. The molecular weight excluding hydrogens is 214 g/mol. The van der Waals surface area contributed by atoms with Crippen molar-refractivity contribution in [1.29, 1.82) is 0 Å². The molecule has 0 amide bonds. The SMILES string of the molecule is CCCCCCC(C)OCC(CO)NC(C)C. The van der Waals surface area contributed by atoms with E-state index in [0.717, 1.165) is 6.42 Å². The highest BCUT2D eigenvalue weighted by molar-refractivity contribution is 4.68. The fourth-order valence-electron chi connectivity index (χ4n) is 1.85. The minimum Gasteiger partial charge on any atom is -0.395 e. The molecule has 0 bridgehead atoms. The molecule has 104 valence electrons. The number of nitrogens with one attached hydrogen (secondary N) is 1. The van der Waals surface area contributed by atoms with Gasteiger partial charge in [-0.15, -0.1) is 0 Å². The van der Waals surface area contributed by atoms with Gasteiger partial charge in [0.1, 0.15) is 0 Å². The first-order valence-electron chi connectivity index (χ1n) is 7.08. The summed E-state index contributed by atoms with van der Waals surface area (Å²) in [4.78, 5) is 0. The highest BCUT2D eigenvalue weighted by atomic mass is 16.5. The van der Waals surface area contributed by atoms with Crippen LogP contribution in [0.3, 0.4) is 0 Å². The highest BCUT2D eigenvalue weighted by Gasteiger charge is 2.10. The molecule has 0 aromatic carbocycles. The summed E-state index contributed by atoms with van der Waals surface area (Å²) < 4.78 is 5.75. The Morgan fingerprint density at radius 2 is 1.82 bits per heavy atom. The van der Waals surface area contributed by atoms with Crippen molar-refractivity contribution >= 4 is 0 Å². The Labute approximate surface area is 107 Å². The van der Waals surface area contributed by atoms with Crippen LogP contribution in [-0.4, -0.2) is 36.5 Å². The van der Waals surface area contributed by atoms with Crippen LogP contribution in [0.1, 0.15) is 59.8 Å². The summed E-state index contributed by atoms with van der Waals surface area (Å²) in [5.74, 6) is 0. The quantitative estimate of drug-likeness (QED) is 0.550. The predicted octanol–water partition coefficient (Wildman–Crippen LogP) is 2.72. The van der Waals surface area contributed by atoms with Gasteiger partial charge in [-0.3, -0.25) is 0 Å². The molecule has 0 aliphatic heterocycles. The van der Waals surface area contributed by atoms with Gasteiger partial charge in [-0.2, -0.15) is 0 Å². The van der Waals surface area contributed by atoms with Gasteiger partial charge >= 0.3 is 0 Å². The summed E-state index contributed by atoms with van der Waals surface area (Å²) >= 11 is 0. The minimum atomic E-state index is 0.0630. The number of rotatable bonds is 11. The monoisotopic (exact) mass is 245 g/mol. The van der Waals surface area contributed by atoms with Gasteiger partial charge in [0.05, 0.1) is 25.4 Å². The van der Waals surface area contributed by atoms with E-state index in [1.165, 1.54) is 25.7 Å². The van der Waals surface area contributed by atoms with E-state index in [-0.39, 0.29) is 12.6 Å². The van der Waals surface area contributed by atoms with E-state index < -0.39 is 0 Å². The van der Waals surface area contributed by atoms with Crippen molar-refractivity contribution in [2.45, 2.75) is 78.0 Å². The zero-order chi connectivity index (χ0) is 13.1. The molecule has 0 saturated heterocycles. The van der Waals surface area contributed by atoms with Crippen LogP contribution in [0.5, 0.6) is 0 Å². The Morgan fingerprint density at radius 1 is 1.12 bits per heavy atom. The lowest BCUT2D eigenvalue weighted by molar-refractivity contribution is 0.0297. The van der Waals surface area contributed by atoms with Crippen LogP contribution in [0.25, 0.3) is 0 Å². The Kier molecular flexibility index (Phi) is 10.9. The first-order valence-corrected chi connectivity index (χ1v) is 7.08. The van der Waals surface area contributed by atoms with Gasteiger partial charge in [0.25, 0.3) is 0 Å². The maximum absolute atomic E-state index is 9.19. The number of unbranched alkanes of at least 4 members (excludes halogenated alkanes) is 3. The second kappa shape index (κ2) is 11.0. The van der Waals surface area contributed by atoms with Gasteiger partial charge < -0.3 is 15.2 Å². The lowest BCUT2D eigenvalue weighted by Gasteiger charge is -2.21. The molecular formula is C14H31NO2. The molecule has 0 aromatic heterocycles. The standard InChI is InChI=1S/C14H31NO2/c1-5-6-7-8-9-13(4)17-11-14(10-16)15-12(2)3/h12-16H,5-11H2,1-4H3. The van der Waals surface area contributed by atoms with Crippen molar-refractivity contribution in [1.82, 2.24) is 5.32 Å². The average molecular weight is 245 g/mol. The maximum atomic E-state index is 9.19. The molecule has 2 unspecified atom stereocenters. The first kappa shape index (κ1) is 16.9. The summed E-state index contributed by atoms with van der Waals surface area (Å²) in [6, 6.07) is 0.448. The zero-order valence-electron chi connectivity index (χ0n) is 12.0. The number of hydrogen-bond donors (Lipinski definition) is 2. The molecule has 3 heteroatoms. The molecule has 0 aliphatic rings. The van der Waals surface area contributed by atoms with Crippen LogP contribution in [0, 0.1) is 0 Å². The van der Waals surface area contributed by atoms with Crippen molar-refractivity contribution in [2.24, 2.45) is 0 Å². The molecule has 0 aromatic rings. The summed E-state index contributed by atoms with van der Waals surface area (Å²) in [5, 5.41) is 12.5. The maximum Gasteiger partial charge on any atom is 0.0645 e. The zero-order valence-corrected chi connectivity index (χ0v) is 12.0. The normalized spacial score (nSPS) is 15.2. The lowest BCUT2D eigenvalue weighted by Crippen LogP contribution is -2.41. The van der Waals surface area contributed by atoms with Gasteiger partial charge in [0.2, 0.25) is 0 Å². The molecule has 2 N–H and O–H groups in total. The largest absolute Gasteiger partial charge is 0.395 e. The first-order chi connectivity index (χ1) is 8.10. The summed E-state index contributed by atoms with van der Waals surface area (Å²) in [5.41, 5.74) is 0. The van der Waals surface area contributed by atoms with Gasteiger partial charge in [-0.25, -0.2) is 0 Å². The van der Waals surface area contributed by atoms with Gasteiger partial charge in [-0.05, 0) is 13.3 Å². The Morgan fingerprint density at radius 3 is 2.35 bits per heavy atom. The minimum absolute atomic E-state index is 0.0630. The summed E-state index contributed by atoms with van der Waals surface area (Å²) in [6.45, 7) is 9.25. The third kappa shape index (κ3) is 10.7. The summed E-state index contributed by atoms with van der Waals surface area (Å²) in [6.07, 6.45) is 6.57. The van der Waals surface area contributed by atoms with E-state index in [2.05, 4.69) is 33.0 Å². The topological polar surface area (TPSA) is 41.5 Å². The fourth-order valence-corrected chi connectivity index (χ4v) is 1.85. The molecule has 2 atom stereocenters. The van der Waals surface area contributed by atoms with Crippen LogP contribution in [-0.2, 0) is 4.74 Å². The van der Waals surface area contributed by atoms with Gasteiger partial charge in [0.15, 0.2) is 0 Å². The third-order valence-electron chi connectivity index (χ3n) is 2.84. The van der Waals surface area contributed by atoms with E-state index in [4.69, 9.17) is 4.74 Å². The second-order valence-corrected chi connectivity index (χ2v) is 5.19. The van der Waals surface area contributed by atoms with Crippen LogP contribution in [0.4, 0.5) is 0 Å². The molecule has 0 saturated carbocycles. The molecule has 17 heavy (non-hydrogen) atoms. The lowest BCUT2D eigenvalue weighted by atomic mass is 10.1. The number of ether oxygens (including phenoxy) is 1. The van der Waals surface area contributed by atoms with Crippen molar-refractivity contribution in [2.75, 3.05) is 13.2 Å². The molecule has 0 spiro atoms. The predicted molar refractivity (Wildman–Crippen MR) is 73.3 cm³/mol. The van der Waals surface area contributed by atoms with Crippen LogP contribution >= 0.6 is 0 Å². The second-order valence-electron chi connectivity index (χ2n) is 5.19. The van der Waals surface area contributed by atoms with Crippen LogP contribution in [0.2, 0.25) is 0 Å². The van der Waals surface area contributed by atoms with E-state index >= 15 is 0 Å². The Bertz CT molecular complexity index is 162. The Balaban J connectivity index is 3.55. The van der Waals surface area contributed by atoms with Crippen molar-refractivity contribution in [3.63, 3.8) is 0 Å². The number of hydrogen-bond acceptors (Lipinski definition) is 3. The van der Waals surface area contributed by atoms with E-state index in [9.17, 15) is 5.11 Å². The Hall–Kier alpha value is -0.120. The van der Waals surface area contributed by atoms with Gasteiger partial charge in [0, 0.05) is 6.04 Å². The number of aliphatic hydroxyl groups excluding tert-OH is 1. The van der Waals surface area contributed by atoms with Crippen molar-refractivity contribution in [3.8, 4) is 0 Å². The van der Waals surface area contributed by atoms with Gasteiger partial charge in [-0.1, -0.05) is 46.5 Å². The molecule has 0 aliphatic carbocycles. The van der Waals surface area contributed by atoms with Crippen LogP contribution < -0.4 is 5.32 Å². The molecule has 3 nitrogen and oxygen atoms in total. The van der Waals surface area contributed by atoms with E-state index in [0.29, 0.717) is 18.8 Å². The molecule has 0 fully saturated rings. The van der Waals surface area contributed by atoms with Crippen molar-refractivity contribution < 1.29 is 9.84 Å². The van der Waals surface area contributed by atoms with Crippen LogP contribution in [0.15, 0.2) is 0 Å². The number of aliphatic hydroxyl groups is 1. The smallest absolute Gasteiger partial charge is 0.0645 e. The molecule has 0 heterocycles. The summed E-state index contributed by atoms with van der Waals surface area (Å²) in [7, 11) is 0. The average Bonchev–Trinajstić information content (AvgIpc) is 2.29. The fraction of sp³-hybridized carbons (Fsp3) is 1.00. The molecule has 0 rings (SSSR count). The third-order valence-corrected chi connectivity index (χ3v) is 2.84. The van der Waals surface area contributed by atoms with E-state index in [1.807, 2.05) is 0 Å². The van der Waals surface area contributed by atoms with E-state index in [1.54, 1.807) is 0 Å². The van der Waals surface area contributed by atoms with Crippen molar-refractivity contribution in [3.05, 3.63) is 0 Å². The molecule has 0 radical (unpaired) electrons.